The van der Waals surface area contributed by atoms with Crippen molar-refractivity contribution in [3.63, 3.8) is 0 Å². The molecule has 0 unspecified atom stereocenters. The minimum absolute atomic E-state index is 0.0396. The molecule has 23 N–H and O–H groups in total. The lowest BCUT2D eigenvalue weighted by atomic mass is 9.81. The summed E-state index contributed by atoms with van der Waals surface area (Å²) in [6.45, 7) is 0.616. The number of nitrogens with zero attached hydrogens (tertiary/aromatic N) is 3. The van der Waals surface area contributed by atoms with E-state index in [2.05, 4.69) is 25.9 Å². The molecule has 3 fully saturated rings. The van der Waals surface area contributed by atoms with E-state index in [4.69, 9.17) is 63.3 Å². The number of aliphatic hydroxyl groups is 7. The number of azo groups is 1. The van der Waals surface area contributed by atoms with Gasteiger partial charge in [0.2, 0.25) is 10.0 Å². The van der Waals surface area contributed by atoms with E-state index in [9.17, 15) is 53.8 Å². The van der Waals surface area contributed by atoms with Crippen molar-refractivity contribution < 1.29 is 77.8 Å². The summed E-state index contributed by atoms with van der Waals surface area (Å²) < 4.78 is 45.2. The Hall–Kier alpha value is -5.25. The van der Waals surface area contributed by atoms with Crippen LogP contribution >= 0.6 is 0 Å². The second-order valence-corrected chi connectivity index (χ2v) is 16.0. The lowest BCUT2D eigenvalue weighted by molar-refractivity contribution is -0.314. The summed E-state index contributed by atoms with van der Waals surface area (Å²) in [4.78, 5) is 26.9. The van der Waals surface area contributed by atoms with Crippen molar-refractivity contribution in [3.05, 3.63) is 42.0 Å². The van der Waals surface area contributed by atoms with Gasteiger partial charge in [0.15, 0.2) is 36.4 Å². The van der Waals surface area contributed by atoms with Gasteiger partial charge in [-0.15, -0.1) is 5.11 Å². The Labute approximate surface area is 358 Å². The molecule has 63 heavy (non-hydrogen) atoms. The summed E-state index contributed by atoms with van der Waals surface area (Å²) in [5.41, 5.74) is 25.4. The quantitative estimate of drug-likeness (QED) is 0.0292. The highest BCUT2D eigenvalue weighted by Gasteiger charge is 2.61. The maximum absolute atomic E-state index is 12.1. The number of rotatable bonds is 13. The number of likely N-dealkylation sites (N-methyl/N-ethyl adjacent to an activating group) is 1. The van der Waals surface area contributed by atoms with Gasteiger partial charge in [0.1, 0.15) is 60.6 Å². The Balaban J connectivity index is 0.000000320. The molecule has 5 rings (SSSR count). The molecule has 29 heteroatoms. The Kier molecular flexibility index (Phi) is 16.4. The summed E-state index contributed by atoms with van der Waals surface area (Å²) >= 11 is 0. The van der Waals surface area contributed by atoms with E-state index in [1.165, 1.54) is 50.4 Å². The van der Waals surface area contributed by atoms with Crippen molar-refractivity contribution in [1.82, 2.24) is 10.6 Å². The van der Waals surface area contributed by atoms with Crippen molar-refractivity contribution in [2.45, 2.75) is 103 Å². The van der Waals surface area contributed by atoms with Gasteiger partial charge >= 0.3 is 5.97 Å². The minimum atomic E-state index is -3.80. The number of aromatic carboxylic acids is 1. The smallest absolute Gasteiger partial charge is 0.338 e. The number of nitrogens with one attached hydrogen (secondary N) is 3. The van der Waals surface area contributed by atoms with E-state index >= 15 is 0 Å². The fourth-order valence-corrected chi connectivity index (χ4v) is 7.41. The molecule has 2 saturated heterocycles. The van der Waals surface area contributed by atoms with E-state index in [0.717, 1.165) is 0 Å². The third-order valence-corrected chi connectivity index (χ3v) is 11.1. The van der Waals surface area contributed by atoms with E-state index in [1.54, 1.807) is 0 Å². The number of carboxylic acid groups (broad SMARTS) is 1. The highest BCUT2D eigenvalue weighted by Crippen LogP contribution is 2.38. The number of guanidine groups is 2. The standard InChI is InChI=1S/C21H39N7O12.C13H13N5O4S/c1-5-21(36,4-30)16(40-17-9(26-2)13(34)10(31)6(3-29)38-17)18(37-5)39-15-8(28-20(24)25)11(32)7(27-19(22)23)12(33)14(15)35;14-7-5-10(13(19)20)12(11(15)6-7)18-17-8-1-3-9(4-2-8)23(16,21)22/h4-18,26,29,31-36H,3H2,1-2H3,(H4,22,23,27)(H4,24,25,28);1-6H,14-15H2,(H,19,20)(H2,16,21,22)/t5-,6-,7+,8-,9-,10-,11+,12-,13-,14+,15+,16-,17-,18-,21+;/m0./s1. The van der Waals surface area contributed by atoms with Crippen molar-refractivity contribution in [3.8, 4) is 0 Å². The average molecular weight is 917 g/mol. The molecular formula is C34H52N12O16S. The first kappa shape index (κ1) is 50.4. The predicted molar refractivity (Wildman–Crippen MR) is 216 cm³/mol. The number of aliphatic imine (C=N–C) groups is 1. The van der Waals surface area contributed by atoms with Crippen LogP contribution in [-0.2, 0) is 33.8 Å². The molecule has 1 saturated carbocycles. The second kappa shape index (κ2) is 20.5. The number of carboxylic acids is 1. The first-order chi connectivity index (χ1) is 29.4. The number of carbonyl (C=O) groups excluding carboxylic acids is 1. The molecule has 2 aromatic rings. The molecule has 2 heterocycles. The van der Waals surface area contributed by atoms with Crippen LogP contribution in [0.3, 0.4) is 0 Å². The first-order valence-corrected chi connectivity index (χ1v) is 20.1. The Morgan fingerprint density at radius 2 is 1.57 bits per heavy atom. The van der Waals surface area contributed by atoms with Gasteiger partial charge in [-0.25, -0.2) is 23.3 Å². The monoisotopic (exact) mass is 916 g/mol. The molecule has 3 aliphatic rings. The topological polar surface area (TPSA) is 508 Å². The summed E-state index contributed by atoms with van der Waals surface area (Å²) in [5.74, 6) is -2.41. The molecule has 0 radical (unpaired) electrons. The molecule has 15 atom stereocenters. The third-order valence-electron chi connectivity index (χ3n) is 10.2. The van der Waals surface area contributed by atoms with Crippen LogP contribution in [0.2, 0.25) is 0 Å². The lowest BCUT2D eigenvalue weighted by Crippen LogP contribution is -2.70. The number of anilines is 2. The molecule has 0 aromatic heterocycles. The van der Waals surface area contributed by atoms with Gasteiger partial charge in [0.25, 0.3) is 0 Å². The molecular weight excluding hydrogens is 865 g/mol. The summed E-state index contributed by atoms with van der Waals surface area (Å²) in [6.07, 6.45) is -17.3. The zero-order chi connectivity index (χ0) is 47.3. The van der Waals surface area contributed by atoms with Gasteiger partial charge < -0.3 is 99.1 Å². The van der Waals surface area contributed by atoms with E-state index in [0.29, 0.717) is 5.69 Å². The van der Waals surface area contributed by atoms with Crippen LogP contribution in [0, 0.1) is 5.41 Å². The number of carbonyl (C=O) groups is 2. The van der Waals surface area contributed by atoms with Crippen molar-refractivity contribution in [2.24, 2.45) is 37.6 Å². The number of hydrogen-bond donors (Lipinski definition) is 17. The van der Waals surface area contributed by atoms with Crippen LogP contribution < -0.4 is 44.4 Å². The van der Waals surface area contributed by atoms with E-state index in [-0.39, 0.29) is 33.8 Å². The summed E-state index contributed by atoms with van der Waals surface area (Å²) in [5, 5.41) is 108. The fourth-order valence-electron chi connectivity index (χ4n) is 6.89. The number of aldehydes is 1. The van der Waals surface area contributed by atoms with Crippen LogP contribution in [0.1, 0.15) is 17.3 Å². The Morgan fingerprint density at radius 1 is 0.937 bits per heavy atom. The number of nitrogen functional groups attached to an aromatic ring is 2. The van der Waals surface area contributed by atoms with Crippen LogP contribution in [0.25, 0.3) is 0 Å². The maximum Gasteiger partial charge on any atom is 0.338 e. The Morgan fingerprint density at radius 3 is 2.10 bits per heavy atom. The molecule has 2 aliphatic heterocycles. The normalized spacial score (nSPS) is 34.4. The highest BCUT2D eigenvalue weighted by atomic mass is 32.2. The number of nitrogens with two attached hydrogens (primary N) is 6. The second-order valence-electron chi connectivity index (χ2n) is 14.5. The van der Waals surface area contributed by atoms with Gasteiger partial charge in [-0.05, 0) is 50.4 Å². The van der Waals surface area contributed by atoms with Crippen LogP contribution in [0.4, 0.5) is 22.7 Å². The molecule has 0 bridgehead atoms. The molecule has 0 spiro atoms. The molecule has 0 amide bonds. The van der Waals surface area contributed by atoms with E-state index < -0.39 is 126 Å². The first-order valence-electron chi connectivity index (χ1n) is 18.5. The Bertz CT molecular complexity index is 2120. The SMILES string of the molecule is CN[C@@H]1[C@H](O[C@H]2[C@H](O[C@H]3[C@H](O)[C@@H](O)[C@H](N=C(N)N)[C@@H](O)[C@@H]3NC(=N)N)O[C@@H](C)[C@]2(O)C=O)O[C@@H](CO)[C@H](O)[C@H]1O.Nc1cc(N)c(N=Nc2ccc(S(N)(=O)=O)cc2)c(C(=O)O)c1. The van der Waals surface area contributed by atoms with Crippen molar-refractivity contribution in [2.75, 3.05) is 25.1 Å². The van der Waals surface area contributed by atoms with Gasteiger partial charge in [-0.2, -0.15) is 5.11 Å². The largest absolute Gasteiger partial charge is 0.478 e. The number of sulfonamides is 1. The van der Waals surface area contributed by atoms with Crippen LogP contribution in [0.5, 0.6) is 0 Å². The van der Waals surface area contributed by atoms with E-state index in [1.807, 2.05) is 0 Å². The molecule has 2 aromatic carbocycles. The number of primary sulfonamides is 1. The molecule has 350 valence electrons. The third kappa shape index (κ3) is 11.3. The molecule has 1 aliphatic carbocycles. The van der Waals surface area contributed by atoms with Crippen molar-refractivity contribution >= 4 is 56.9 Å². The van der Waals surface area contributed by atoms with Gasteiger partial charge in [-0.3, -0.25) is 10.2 Å². The molecule has 28 nitrogen and oxygen atoms in total. The number of benzene rings is 2. The fraction of sp³-hybridized carbons (Fsp3) is 0.529. The minimum Gasteiger partial charge on any atom is -0.478 e. The van der Waals surface area contributed by atoms with Gasteiger partial charge in [0.05, 0.1) is 46.6 Å². The zero-order valence-corrected chi connectivity index (χ0v) is 34.2. The summed E-state index contributed by atoms with van der Waals surface area (Å²) in [6, 6.07) is 3.83. The summed E-state index contributed by atoms with van der Waals surface area (Å²) in [7, 11) is -2.38. The lowest BCUT2D eigenvalue weighted by Gasteiger charge is -2.46. The number of hydrogen-bond acceptors (Lipinski definition) is 22. The maximum atomic E-state index is 12.1. The zero-order valence-electron chi connectivity index (χ0n) is 33.4. The predicted octanol–water partition coefficient (Wildman–Crippen LogP) is -6.34. The van der Waals surface area contributed by atoms with Gasteiger partial charge in [-0.1, -0.05) is 0 Å². The highest BCUT2D eigenvalue weighted by molar-refractivity contribution is 7.89. The van der Waals surface area contributed by atoms with Crippen LogP contribution in [-0.4, -0.2) is 178 Å². The van der Waals surface area contributed by atoms with Crippen LogP contribution in [0.15, 0.2) is 56.5 Å². The number of aliphatic hydroxyl groups excluding tert-OH is 6. The van der Waals surface area contributed by atoms with Gasteiger partial charge in [0, 0.05) is 5.69 Å². The number of ether oxygens (including phenoxy) is 4. The average Bonchev–Trinajstić information content (AvgIpc) is 3.44. The van der Waals surface area contributed by atoms with Crippen molar-refractivity contribution in [1.29, 1.82) is 5.41 Å².